The topological polar surface area (TPSA) is 89.1 Å². The van der Waals surface area contributed by atoms with Gasteiger partial charge in [-0.1, -0.05) is 13.8 Å². The van der Waals surface area contributed by atoms with E-state index in [4.69, 9.17) is 14.2 Å². The number of amides is 2. The van der Waals surface area contributed by atoms with Crippen molar-refractivity contribution in [3.63, 3.8) is 0 Å². The lowest BCUT2D eigenvalue weighted by atomic mass is 9.92. The predicted molar refractivity (Wildman–Crippen MR) is 120 cm³/mol. The van der Waals surface area contributed by atoms with Gasteiger partial charge in [-0.3, -0.25) is 9.59 Å². The van der Waals surface area contributed by atoms with E-state index in [1.54, 1.807) is 12.1 Å². The summed E-state index contributed by atoms with van der Waals surface area (Å²) in [5, 5.41) is 5.50. The molecule has 1 heterocycles. The van der Waals surface area contributed by atoms with Crippen molar-refractivity contribution in [3.8, 4) is 17.2 Å². The minimum Gasteiger partial charge on any atom is -0.493 e. The van der Waals surface area contributed by atoms with E-state index in [1.165, 1.54) is 40.8 Å². The lowest BCUT2D eigenvalue weighted by Crippen LogP contribution is -2.39. The summed E-state index contributed by atoms with van der Waals surface area (Å²) in [4.78, 5) is 27.0. The number of methoxy groups -OCH3 is 3. The van der Waals surface area contributed by atoms with E-state index in [9.17, 15) is 9.59 Å². The monoisotopic (exact) mass is 435 g/mol. The lowest BCUT2D eigenvalue weighted by molar-refractivity contribution is -0.120. The van der Waals surface area contributed by atoms with Crippen LogP contribution in [0.3, 0.4) is 0 Å². The van der Waals surface area contributed by atoms with Crippen LogP contribution >= 0.6 is 0 Å². The average Bonchev–Trinajstić information content (AvgIpc) is 2.75. The molecule has 0 aliphatic carbocycles. The highest BCUT2D eigenvalue weighted by Crippen LogP contribution is 2.38. The van der Waals surface area contributed by atoms with Crippen LogP contribution in [0.15, 0.2) is 12.1 Å². The van der Waals surface area contributed by atoms with Crippen LogP contribution in [0.5, 0.6) is 17.2 Å². The molecule has 0 spiro atoms. The van der Waals surface area contributed by atoms with Crippen LogP contribution in [0.1, 0.15) is 43.5 Å². The predicted octanol–water partition coefficient (Wildman–Crippen LogP) is 2.32. The van der Waals surface area contributed by atoms with Crippen molar-refractivity contribution in [2.24, 2.45) is 11.8 Å². The number of hydrogen-bond acceptors (Lipinski definition) is 6. The molecular formula is C23H37N3O5. The van der Waals surface area contributed by atoms with Gasteiger partial charge in [-0.15, -0.1) is 0 Å². The van der Waals surface area contributed by atoms with Crippen LogP contribution < -0.4 is 24.8 Å². The van der Waals surface area contributed by atoms with Crippen LogP contribution in [0.4, 0.5) is 0 Å². The van der Waals surface area contributed by atoms with Crippen molar-refractivity contribution in [1.82, 2.24) is 15.5 Å². The molecule has 1 aliphatic heterocycles. The van der Waals surface area contributed by atoms with Crippen LogP contribution in [0, 0.1) is 11.8 Å². The van der Waals surface area contributed by atoms with Crippen molar-refractivity contribution in [2.45, 2.75) is 33.1 Å². The molecule has 2 unspecified atom stereocenters. The van der Waals surface area contributed by atoms with Gasteiger partial charge in [0.05, 0.1) is 27.9 Å². The highest BCUT2D eigenvalue weighted by molar-refractivity contribution is 5.97. The highest BCUT2D eigenvalue weighted by atomic mass is 16.5. The van der Waals surface area contributed by atoms with Gasteiger partial charge >= 0.3 is 0 Å². The van der Waals surface area contributed by atoms with Gasteiger partial charge in [-0.2, -0.15) is 0 Å². The van der Waals surface area contributed by atoms with E-state index in [2.05, 4.69) is 29.4 Å². The fourth-order valence-corrected chi connectivity index (χ4v) is 4.20. The molecule has 2 rings (SSSR count). The summed E-state index contributed by atoms with van der Waals surface area (Å²) in [6.45, 7) is 8.56. The number of carbonyl (C=O) groups is 2. The second-order valence-corrected chi connectivity index (χ2v) is 8.36. The molecule has 1 aromatic rings. The third-order valence-electron chi connectivity index (χ3n) is 5.50. The molecule has 0 bridgehead atoms. The summed E-state index contributed by atoms with van der Waals surface area (Å²) in [7, 11) is 4.47. The first kappa shape index (κ1) is 24.8. The van der Waals surface area contributed by atoms with E-state index in [0.717, 1.165) is 31.2 Å². The Morgan fingerprint density at radius 3 is 2.13 bits per heavy atom. The Bertz CT molecular complexity index is 705. The van der Waals surface area contributed by atoms with Gasteiger partial charge in [0.25, 0.3) is 5.91 Å². The molecule has 1 fully saturated rings. The summed E-state index contributed by atoms with van der Waals surface area (Å²) < 4.78 is 15.8. The Labute approximate surface area is 185 Å². The van der Waals surface area contributed by atoms with Crippen LogP contribution in [0.25, 0.3) is 0 Å². The fraction of sp³-hybridized carbons (Fsp3) is 0.652. The van der Waals surface area contributed by atoms with Gasteiger partial charge in [0.2, 0.25) is 11.7 Å². The molecule has 2 atom stereocenters. The number of rotatable bonds is 11. The number of benzene rings is 1. The summed E-state index contributed by atoms with van der Waals surface area (Å²) in [5.41, 5.74) is 0.326. The van der Waals surface area contributed by atoms with E-state index >= 15 is 0 Å². The van der Waals surface area contributed by atoms with Crippen molar-refractivity contribution < 1.29 is 23.8 Å². The first-order valence-corrected chi connectivity index (χ1v) is 10.9. The zero-order valence-electron chi connectivity index (χ0n) is 19.5. The second kappa shape index (κ2) is 12.4. The minimum absolute atomic E-state index is 0.0867. The quantitative estimate of drug-likeness (QED) is 0.519. The largest absolute Gasteiger partial charge is 0.493 e. The number of nitrogens with zero attached hydrogens (tertiary/aromatic N) is 1. The normalized spacial score (nSPS) is 18.9. The van der Waals surface area contributed by atoms with Crippen LogP contribution in [0.2, 0.25) is 0 Å². The molecule has 8 nitrogen and oxygen atoms in total. The molecule has 1 aliphatic rings. The Morgan fingerprint density at radius 1 is 0.968 bits per heavy atom. The number of piperidine rings is 1. The van der Waals surface area contributed by atoms with Crippen LogP contribution in [-0.4, -0.2) is 70.8 Å². The van der Waals surface area contributed by atoms with Crippen molar-refractivity contribution in [3.05, 3.63) is 17.7 Å². The number of ether oxygens (including phenoxy) is 3. The molecule has 31 heavy (non-hydrogen) atoms. The molecule has 0 saturated carbocycles. The van der Waals surface area contributed by atoms with E-state index in [0.29, 0.717) is 29.4 Å². The Hall–Kier alpha value is -2.48. The first-order chi connectivity index (χ1) is 14.9. The van der Waals surface area contributed by atoms with Gasteiger partial charge in [0, 0.05) is 25.2 Å². The third-order valence-corrected chi connectivity index (χ3v) is 5.50. The SMILES string of the molecule is COc1cc(C(=O)NCC(=O)NCCCCN2CC(C)CC(C)C2)cc(OC)c1OC. The molecule has 8 heteroatoms. The zero-order chi connectivity index (χ0) is 22.8. The molecular weight excluding hydrogens is 398 g/mol. The third kappa shape index (κ3) is 7.61. The fourth-order valence-electron chi connectivity index (χ4n) is 4.20. The Morgan fingerprint density at radius 2 is 1.58 bits per heavy atom. The number of hydrogen-bond donors (Lipinski definition) is 2. The van der Waals surface area contributed by atoms with Crippen LogP contribution in [-0.2, 0) is 4.79 Å². The van der Waals surface area contributed by atoms with E-state index < -0.39 is 0 Å². The van der Waals surface area contributed by atoms with Gasteiger partial charge < -0.3 is 29.7 Å². The van der Waals surface area contributed by atoms with Crippen molar-refractivity contribution in [1.29, 1.82) is 0 Å². The summed E-state index contributed by atoms with van der Waals surface area (Å²) in [6.07, 6.45) is 3.29. The average molecular weight is 436 g/mol. The Kier molecular flexibility index (Phi) is 9.91. The van der Waals surface area contributed by atoms with Crippen molar-refractivity contribution in [2.75, 3.05) is 54.1 Å². The number of likely N-dealkylation sites (tertiary alicyclic amines) is 1. The smallest absolute Gasteiger partial charge is 0.251 e. The molecule has 2 N–H and O–H groups in total. The second-order valence-electron chi connectivity index (χ2n) is 8.36. The standard InChI is InChI=1S/C23H37N3O5/c1-16-10-17(2)15-26(14-16)9-7-6-8-24-21(27)13-25-23(28)18-11-19(29-3)22(31-5)20(12-18)30-4/h11-12,16-17H,6-10,13-15H2,1-5H3,(H,24,27)(H,25,28). The highest BCUT2D eigenvalue weighted by Gasteiger charge is 2.21. The lowest BCUT2D eigenvalue weighted by Gasteiger charge is -2.34. The number of unbranched alkanes of at least 4 members (excludes halogenated alkanes) is 1. The van der Waals surface area contributed by atoms with Gasteiger partial charge in [0.15, 0.2) is 11.5 Å². The number of carbonyl (C=O) groups excluding carboxylic acids is 2. The van der Waals surface area contributed by atoms with E-state index in [1.807, 2.05) is 0 Å². The molecule has 1 saturated heterocycles. The zero-order valence-corrected chi connectivity index (χ0v) is 19.5. The molecule has 0 aromatic heterocycles. The van der Waals surface area contributed by atoms with E-state index in [-0.39, 0.29) is 18.4 Å². The van der Waals surface area contributed by atoms with Crippen molar-refractivity contribution >= 4 is 11.8 Å². The first-order valence-electron chi connectivity index (χ1n) is 10.9. The maximum Gasteiger partial charge on any atom is 0.251 e. The summed E-state index contributed by atoms with van der Waals surface area (Å²) in [5.74, 6) is 2.11. The Balaban J connectivity index is 1.71. The van der Waals surface area contributed by atoms with Gasteiger partial charge in [-0.25, -0.2) is 0 Å². The molecule has 2 amide bonds. The van der Waals surface area contributed by atoms with Gasteiger partial charge in [-0.05, 0) is 49.8 Å². The maximum atomic E-state index is 12.4. The molecule has 1 aromatic carbocycles. The number of nitrogens with one attached hydrogen (secondary N) is 2. The molecule has 174 valence electrons. The summed E-state index contributed by atoms with van der Waals surface area (Å²) >= 11 is 0. The summed E-state index contributed by atoms with van der Waals surface area (Å²) in [6, 6.07) is 3.10. The molecule has 0 radical (unpaired) electrons. The van der Waals surface area contributed by atoms with Gasteiger partial charge in [0.1, 0.15) is 0 Å². The maximum absolute atomic E-state index is 12.4. The minimum atomic E-state index is -0.386.